The molecule has 0 saturated heterocycles. The quantitative estimate of drug-likeness (QED) is 0.433. The Labute approximate surface area is 106 Å². The fourth-order valence-electron chi connectivity index (χ4n) is 1.49. The molecule has 1 nitrogen and oxygen atoms in total. The van der Waals surface area contributed by atoms with Gasteiger partial charge in [-0.2, -0.15) is 0 Å². The number of Topliss-reactive ketones (excluding diaryl/α,β-unsaturated/α-hetero) is 1. The molecule has 17 heavy (non-hydrogen) atoms. The molecule has 96 valence electrons. The van der Waals surface area contributed by atoms with E-state index in [2.05, 4.69) is 45.6 Å². The van der Waals surface area contributed by atoms with E-state index >= 15 is 0 Å². The van der Waals surface area contributed by atoms with Gasteiger partial charge in [0.1, 0.15) is 0 Å². The Morgan fingerprint density at radius 1 is 1.24 bits per heavy atom. The summed E-state index contributed by atoms with van der Waals surface area (Å²) in [5, 5.41) is 0. The van der Waals surface area contributed by atoms with Gasteiger partial charge in [-0.3, -0.25) is 4.79 Å². The Bertz CT molecular complexity index is 303. The summed E-state index contributed by atoms with van der Waals surface area (Å²) in [6.45, 7) is 11.9. The van der Waals surface area contributed by atoms with Crippen LogP contribution in [0.3, 0.4) is 0 Å². The first-order chi connectivity index (χ1) is 7.93. The molecule has 0 N–H and O–H groups in total. The van der Waals surface area contributed by atoms with Crippen molar-refractivity contribution in [2.45, 2.75) is 53.4 Å². The van der Waals surface area contributed by atoms with Crippen molar-refractivity contribution in [3.05, 3.63) is 36.0 Å². The maximum Gasteiger partial charge on any atom is 0.158 e. The Kier molecular flexibility index (Phi) is 8.39. The number of hydrogen-bond acceptors (Lipinski definition) is 1. The molecular weight excluding hydrogens is 208 g/mol. The van der Waals surface area contributed by atoms with Crippen molar-refractivity contribution in [1.29, 1.82) is 0 Å². The SMILES string of the molecule is C=C(C)C(=O)CC/C=C/[C@@H](C)CCC=C(C)C. The molecule has 1 heteroatoms. The third kappa shape index (κ3) is 9.80. The lowest BCUT2D eigenvalue weighted by Gasteiger charge is -2.03. The van der Waals surface area contributed by atoms with Gasteiger partial charge in [-0.1, -0.05) is 37.3 Å². The lowest BCUT2D eigenvalue weighted by molar-refractivity contribution is -0.115. The van der Waals surface area contributed by atoms with Crippen LogP contribution in [-0.4, -0.2) is 5.78 Å². The highest BCUT2D eigenvalue weighted by Crippen LogP contribution is 2.10. The Morgan fingerprint density at radius 3 is 2.41 bits per heavy atom. The van der Waals surface area contributed by atoms with Gasteiger partial charge in [0, 0.05) is 6.42 Å². The first-order valence-electron chi connectivity index (χ1n) is 6.42. The van der Waals surface area contributed by atoms with Crippen LogP contribution < -0.4 is 0 Å². The second-order valence-corrected chi connectivity index (χ2v) is 5.01. The van der Waals surface area contributed by atoms with E-state index in [9.17, 15) is 4.79 Å². The third-order valence-corrected chi connectivity index (χ3v) is 2.65. The van der Waals surface area contributed by atoms with Crippen molar-refractivity contribution < 1.29 is 4.79 Å². The van der Waals surface area contributed by atoms with Gasteiger partial charge in [-0.25, -0.2) is 0 Å². The van der Waals surface area contributed by atoms with Crippen molar-refractivity contribution in [3.8, 4) is 0 Å². The van der Waals surface area contributed by atoms with Crippen LogP contribution in [0.2, 0.25) is 0 Å². The molecule has 0 aromatic carbocycles. The van der Waals surface area contributed by atoms with E-state index in [1.54, 1.807) is 6.92 Å². The fraction of sp³-hybridized carbons (Fsp3) is 0.562. The van der Waals surface area contributed by atoms with Gasteiger partial charge in [-0.15, -0.1) is 0 Å². The molecule has 1 atom stereocenters. The minimum absolute atomic E-state index is 0.173. The predicted octanol–water partition coefficient (Wildman–Crippen LogP) is 4.85. The van der Waals surface area contributed by atoms with Crippen molar-refractivity contribution in [3.63, 3.8) is 0 Å². The summed E-state index contributed by atoms with van der Waals surface area (Å²) < 4.78 is 0. The van der Waals surface area contributed by atoms with E-state index in [0.717, 1.165) is 12.8 Å². The lowest BCUT2D eigenvalue weighted by Crippen LogP contribution is -1.96. The monoisotopic (exact) mass is 234 g/mol. The second-order valence-electron chi connectivity index (χ2n) is 5.01. The first kappa shape index (κ1) is 15.9. The normalized spacial score (nSPS) is 12.5. The average molecular weight is 234 g/mol. The molecule has 0 fully saturated rings. The van der Waals surface area contributed by atoms with Gasteiger partial charge in [0.2, 0.25) is 0 Å². The van der Waals surface area contributed by atoms with Crippen LogP contribution in [0.4, 0.5) is 0 Å². The van der Waals surface area contributed by atoms with Gasteiger partial charge in [0.25, 0.3) is 0 Å². The fourth-order valence-corrected chi connectivity index (χ4v) is 1.49. The summed E-state index contributed by atoms with van der Waals surface area (Å²) >= 11 is 0. The molecule has 0 radical (unpaired) electrons. The molecule has 0 saturated carbocycles. The van der Waals surface area contributed by atoms with E-state index in [0.29, 0.717) is 17.9 Å². The summed E-state index contributed by atoms with van der Waals surface area (Å²) in [4.78, 5) is 11.3. The van der Waals surface area contributed by atoms with E-state index in [4.69, 9.17) is 0 Å². The lowest BCUT2D eigenvalue weighted by atomic mass is 10.0. The van der Waals surface area contributed by atoms with E-state index in [-0.39, 0.29) is 5.78 Å². The van der Waals surface area contributed by atoms with Gasteiger partial charge in [0.05, 0.1) is 0 Å². The minimum atomic E-state index is 0.173. The molecule has 0 aliphatic heterocycles. The van der Waals surface area contributed by atoms with Gasteiger partial charge < -0.3 is 0 Å². The maximum absolute atomic E-state index is 11.3. The summed E-state index contributed by atoms with van der Waals surface area (Å²) in [5.41, 5.74) is 2.04. The maximum atomic E-state index is 11.3. The second kappa shape index (κ2) is 8.98. The van der Waals surface area contributed by atoms with E-state index in [1.807, 2.05) is 0 Å². The molecule has 0 spiro atoms. The molecule has 0 amide bonds. The van der Waals surface area contributed by atoms with Crippen LogP contribution in [0, 0.1) is 5.92 Å². The number of rotatable bonds is 8. The van der Waals surface area contributed by atoms with Crippen LogP contribution in [0.25, 0.3) is 0 Å². The molecule has 0 aromatic rings. The van der Waals surface area contributed by atoms with Crippen LogP contribution in [0.5, 0.6) is 0 Å². The van der Waals surface area contributed by atoms with E-state index in [1.165, 1.54) is 12.0 Å². The van der Waals surface area contributed by atoms with Crippen molar-refractivity contribution >= 4 is 5.78 Å². The van der Waals surface area contributed by atoms with Crippen LogP contribution in [0.15, 0.2) is 36.0 Å². The Balaban J connectivity index is 3.74. The zero-order valence-corrected chi connectivity index (χ0v) is 11.8. The minimum Gasteiger partial charge on any atom is -0.295 e. The third-order valence-electron chi connectivity index (χ3n) is 2.65. The predicted molar refractivity (Wildman–Crippen MR) is 76.0 cm³/mol. The summed E-state index contributed by atoms with van der Waals surface area (Å²) in [5.74, 6) is 0.761. The van der Waals surface area contributed by atoms with Gasteiger partial charge in [0.15, 0.2) is 5.78 Å². The highest BCUT2D eigenvalue weighted by molar-refractivity contribution is 5.94. The van der Waals surface area contributed by atoms with Crippen LogP contribution in [-0.2, 0) is 4.79 Å². The number of hydrogen-bond donors (Lipinski definition) is 0. The molecule has 0 rings (SSSR count). The smallest absolute Gasteiger partial charge is 0.158 e. The van der Waals surface area contributed by atoms with Gasteiger partial charge >= 0.3 is 0 Å². The molecule has 0 aromatic heterocycles. The standard InChI is InChI=1S/C16H26O/c1-13(2)9-8-11-15(5)10-6-7-12-16(17)14(3)4/h6,9-10,15H,3,7-8,11-12H2,1-2,4-5H3/b10-6+/t15-/m1/s1. The van der Waals surface area contributed by atoms with Crippen molar-refractivity contribution in [2.24, 2.45) is 5.92 Å². The molecule has 0 bridgehead atoms. The highest BCUT2D eigenvalue weighted by atomic mass is 16.1. The average Bonchev–Trinajstić information content (AvgIpc) is 2.23. The summed E-state index contributed by atoms with van der Waals surface area (Å²) in [6, 6.07) is 0. The Morgan fingerprint density at radius 2 is 1.88 bits per heavy atom. The number of carbonyl (C=O) groups is 1. The Hall–Kier alpha value is -1.11. The first-order valence-corrected chi connectivity index (χ1v) is 6.42. The number of ketones is 1. The van der Waals surface area contributed by atoms with E-state index < -0.39 is 0 Å². The number of allylic oxidation sites excluding steroid dienone is 5. The molecule has 0 aliphatic rings. The zero-order valence-electron chi connectivity index (χ0n) is 11.8. The van der Waals surface area contributed by atoms with Gasteiger partial charge in [-0.05, 0) is 51.5 Å². The molecule has 0 unspecified atom stereocenters. The summed E-state index contributed by atoms with van der Waals surface area (Å²) in [7, 11) is 0. The van der Waals surface area contributed by atoms with Crippen molar-refractivity contribution in [1.82, 2.24) is 0 Å². The van der Waals surface area contributed by atoms with Crippen LogP contribution >= 0.6 is 0 Å². The highest BCUT2D eigenvalue weighted by Gasteiger charge is 2.00. The molecule has 0 aliphatic carbocycles. The molecule has 0 heterocycles. The van der Waals surface area contributed by atoms with Crippen LogP contribution in [0.1, 0.15) is 53.4 Å². The topological polar surface area (TPSA) is 17.1 Å². The number of carbonyl (C=O) groups excluding carboxylic acids is 1. The summed E-state index contributed by atoms with van der Waals surface area (Å²) in [6.07, 6.45) is 10.3. The largest absolute Gasteiger partial charge is 0.295 e. The van der Waals surface area contributed by atoms with Crippen molar-refractivity contribution in [2.75, 3.05) is 0 Å². The zero-order chi connectivity index (χ0) is 13.3. The molecular formula is C16H26O.